The van der Waals surface area contributed by atoms with Gasteiger partial charge in [-0.15, -0.1) is 0 Å². The normalized spacial score (nSPS) is 11.9. The number of aryl methyl sites for hydroxylation is 1. The average Bonchev–Trinajstić information content (AvgIpc) is 2.39. The van der Waals surface area contributed by atoms with E-state index in [1.54, 1.807) is 12.1 Å². The van der Waals surface area contributed by atoms with E-state index in [1.807, 2.05) is 44.2 Å². The lowest BCUT2D eigenvalue weighted by atomic mass is 10.1. The number of aromatic carboxylic acids is 1. The Labute approximate surface area is 123 Å². The molecule has 0 aromatic heterocycles. The lowest BCUT2D eigenvalue weighted by Gasteiger charge is -2.18. The van der Waals surface area contributed by atoms with E-state index >= 15 is 0 Å². The van der Waals surface area contributed by atoms with Gasteiger partial charge in [0.2, 0.25) is 0 Å². The van der Waals surface area contributed by atoms with Crippen LogP contribution in [0, 0.1) is 6.92 Å². The van der Waals surface area contributed by atoms with Crippen molar-refractivity contribution in [1.82, 2.24) is 0 Å². The zero-order chi connectivity index (χ0) is 14.7. The number of benzene rings is 2. The Hall–Kier alpha value is -2.00. The third kappa shape index (κ3) is 3.31. The Bertz CT molecular complexity index is 623. The second kappa shape index (κ2) is 5.97. The fourth-order valence-corrected chi connectivity index (χ4v) is 2.16. The van der Waals surface area contributed by atoms with Crippen LogP contribution in [0.25, 0.3) is 0 Å². The third-order valence-corrected chi connectivity index (χ3v) is 3.40. The van der Waals surface area contributed by atoms with Gasteiger partial charge in [0.15, 0.2) is 0 Å². The van der Waals surface area contributed by atoms with Crippen LogP contribution in [0.2, 0.25) is 5.02 Å². The molecule has 104 valence electrons. The van der Waals surface area contributed by atoms with E-state index in [9.17, 15) is 9.90 Å². The Morgan fingerprint density at radius 1 is 1.20 bits per heavy atom. The largest absolute Gasteiger partial charge is 0.478 e. The summed E-state index contributed by atoms with van der Waals surface area (Å²) in [6.45, 7) is 3.92. The molecule has 0 saturated heterocycles. The van der Waals surface area contributed by atoms with Gasteiger partial charge in [-0.2, -0.15) is 0 Å². The molecular formula is C16H16ClNO2. The average molecular weight is 290 g/mol. The predicted molar refractivity (Wildman–Crippen MR) is 81.6 cm³/mol. The number of carbonyl (C=O) groups is 1. The molecule has 0 radical (unpaired) electrons. The van der Waals surface area contributed by atoms with Crippen LogP contribution in [0.15, 0.2) is 42.5 Å². The molecule has 0 saturated carbocycles. The number of halogens is 1. The molecule has 2 N–H and O–H groups in total. The van der Waals surface area contributed by atoms with Gasteiger partial charge in [-0.05, 0) is 49.2 Å². The molecule has 0 aliphatic heterocycles. The Morgan fingerprint density at radius 3 is 2.45 bits per heavy atom. The van der Waals surface area contributed by atoms with Crippen molar-refractivity contribution in [2.75, 3.05) is 5.32 Å². The first kappa shape index (κ1) is 14.4. The summed E-state index contributed by atoms with van der Waals surface area (Å²) in [6, 6.07) is 12.7. The van der Waals surface area contributed by atoms with E-state index < -0.39 is 5.97 Å². The standard InChI is InChI=1S/C16H16ClNO2/c1-10-3-8-14(16(19)20)15(9-10)18-11(2)12-4-6-13(17)7-5-12/h3-9,11,18H,1-2H3,(H,19,20). The maximum atomic E-state index is 11.2. The highest BCUT2D eigenvalue weighted by Gasteiger charge is 2.13. The first-order valence-corrected chi connectivity index (χ1v) is 6.71. The van der Waals surface area contributed by atoms with Crippen LogP contribution in [0.3, 0.4) is 0 Å². The smallest absolute Gasteiger partial charge is 0.337 e. The van der Waals surface area contributed by atoms with E-state index in [1.165, 1.54) is 0 Å². The zero-order valence-electron chi connectivity index (χ0n) is 11.4. The van der Waals surface area contributed by atoms with E-state index in [2.05, 4.69) is 5.32 Å². The summed E-state index contributed by atoms with van der Waals surface area (Å²) in [5.41, 5.74) is 2.96. The van der Waals surface area contributed by atoms with Gasteiger partial charge in [0, 0.05) is 16.8 Å². The molecule has 3 nitrogen and oxygen atoms in total. The Balaban J connectivity index is 2.27. The minimum atomic E-state index is -0.934. The highest BCUT2D eigenvalue weighted by molar-refractivity contribution is 6.30. The summed E-state index contributed by atoms with van der Waals surface area (Å²) in [5.74, 6) is -0.934. The molecule has 0 amide bonds. The zero-order valence-corrected chi connectivity index (χ0v) is 12.1. The van der Waals surface area contributed by atoms with E-state index in [4.69, 9.17) is 11.6 Å². The topological polar surface area (TPSA) is 49.3 Å². The molecule has 0 aliphatic carbocycles. The van der Waals surface area contributed by atoms with Crippen LogP contribution in [0.1, 0.15) is 34.5 Å². The molecule has 0 aliphatic rings. The minimum Gasteiger partial charge on any atom is -0.478 e. The van der Waals surface area contributed by atoms with E-state index in [0.717, 1.165) is 11.1 Å². The van der Waals surface area contributed by atoms with Crippen LogP contribution < -0.4 is 5.32 Å². The van der Waals surface area contributed by atoms with Crippen molar-refractivity contribution >= 4 is 23.3 Å². The molecule has 20 heavy (non-hydrogen) atoms. The molecule has 2 rings (SSSR count). The summed E-state index contributed by atoms with van der Waals surface area (Å²) in [6.07, 6.45) is 0. The molecule has 2 aromatic rings. The van der Waals surface area contributed by atoms with Crippen LogP contribution in [0.4, 0.5) is 5.69 Å². The molecule has 0 bridgehead atoms. The maximum absolute atomic E-state index is 11.2. The molecule has 4 heteroatoms. The number of hydrogen-bond acceptors (Lipinski definition) is 2. The van der Waals surface area contributed by atoms with Crippen molar-refractivity contribution in [3.05, 3.63) is 64.2 Å². The molecule has 2 aromatic carbocycles. The Morgan fingerprint density at radius 2 is 1.85 bits per heavy atom. The second-order valence-corrected chi connectivity index (χ2v) is 5.21. The molecule has 1 unspecified atom stereocenters. The number of anilines is 1. The van der Waals surface area contributed by atoms with Crippen LogP contribution >= 0.6 is 11.6 Å². The monoisotopic (exact) mass is 289 g/mol. The van der Waals surface area contributed by atoms with Crippen molar-refractivity contribution in [3.63, 3.8) is 0 Å². The molecule has 1 atom stereocenters. The summed E-state index contributed by atoms with van der Waals surface area (Å²) in [7, 11) is 0. The van der Waals surface area contributed by atoms with Gasteiger partial charge in [-0.3, -0.25) is 0 Å². The fourth-order valence-electron chi connectivity index (χ4n) is 2.03. The van der Waals surface area contributed by atoms with Crippen LogP contribution in [-0.2, 0) is 0 Å². The van der Waals surface area contributed by atoms with Crippen molar-refractivity contribution in [3.8, 4) is 0 Å². The van der Waals surface area contributed by atoms with Crippen molar-refractivity contribution in [1.29, 1.82) is 0 Å². The number of nitrogens with one attached hydrogen (secondary N) is 1. The fraction of sp³-hybridized carbons (Fsp3) is 0.188. The molecular weight excluding hydrogens is 274 g/mol. The quantitative estimate of drug-likeness (QED) is 0.870. The van der Waals surface area contributed by atoms with Crippen molar-refractivity contribution < 1.29 is 9.90 Å². The van der Waals surface area contributed by atoms with Gasteiger partial charge < -0.3 is 10.4 Å². The third-order valence-electron chi connectivity index (χ3n) is 3.15. The molecule has 0 spiro atoms. The summed E-state index contributed by atoms with van der Waals surface area (Å²) in [4.78, 5) is 11.2. The highest BCUT2D eigenvalue weighted by Crippen LogP contribution is 2.24. The van der Waals surface area contributed by atoms with Gasteiger partial charge in [0.1, 0.15) is 0 Å². The maximum Gasteiger partial charge on any atom is 0.337 e. The van der Waals surface area contributed by atoms with E-state index in [-0.39, 0.29) is 11.6 Å². The van der Waals surface area contributed by atoms with E-state index in [0.29, 0.717) is 10.7 Å². The lowest BCUT2D eigenvalue weighted by molar-refractivity contribution is 0.0698. The molecule has 0 fully saturated rings. The number of hydrogen-bond donors (Lipinski definition) is 2. The second-order valence-electron chi connectivity index (χ2n) is 4.77. The lowest BCUT2D eigenvalue weighted by Crippen LogP contribution is -2.10. The van der Waals surface area contributed by atoms with Gasteiger partial charge in [-0.25, -0.2) is 4.79 Å². The first-order chi connectivity index (χ1) is 9.47. The number of rotatable bonds is 4. The first-order valence-electron chi connectivity index (χ1n) is 6.33. The summed E-state index contributed by atoms with van der Waals surface area (Å²) < 4.78 is 0. The predicted octanol–water partition coefficient (Wildman–Crippen LogP) is 4.52. The highest BCUT2D eigenvalue weighted by atomic mass is 35.5. The van der Waals surface area contributed by atoms with Crippen molar-refractivity contribution in [2.24, 2.45) is 0 Å². The van der Waals surface area contributed by atoms with Crippen molar-refractivity contribution in [2.45, 2.75) is 19.9 Å². The van der Waals surface area contributed by atoms with Crippen LogP contribution in [0.5, 0.6) is 0 Å². The Kier molecular flexibility index (Phi) is 4.30. The van der Waals surface area contributed by atoms with Gasteiger partial charge in [-0.1, -0.05) is 29.8 Å². The molecule has 0 heterocycles. The number of carboxylic acids is 1. The van der Waals surface area contributed by atoms with Gasteiger partial charge in [0.25, 0.3) is 0 Å². The van der Waals surface area contributed by atoms with Gasteiger partial charge >= 0.3 is 5.97 Å². The van der Waals surface area contributed by atoms with Crippen LogP contribution in [-0.4, -0.2) is 11.1 Å². The minimum absolute atomic E-state index is 0.00725. The summed E-state index contributed by atoms with van der Waals surface area (Å²) >= 11 is 5.87. The number of carboxylic acid groups (broad SMARTS) is 1. The van der Waals surface area contributed by atoms with Gasteiger partial charge in [0.05, 0.1) is 5.56 Å². The SMILES string of the molecule is Cc1ccc(C(=O)O)c(NC(C)c2ccc(Cl)cc2)c1. The summed E-state index contributed by atoms with van der Waals surface area (Å²) in [5, 5.41) is 13.1.